The minimum atomic E-state index is 0.0375. The summed E-state index contributed by atoms with van der Waals surface area (Å²) in [4.78, 5) is 11.7. The summed E-state index contributed by atoms with van der Waals surface area (Å²) in [7, 11) is 0. The zero-order valence-corrected chi connectivity index (χ0v) is 11.6. The van der Waals surface area contributed by atoms with Crippen LogP contribution in [0.3, 0.4) is 0 Å². The molecular formula is C13H19N3OS. The molecule has 0 atom stereocenters. The van der Waals surface area contributed by atoms with Gasteiger partial charge in [-0.15, -0.1) is 0 Å². The van der Waals surface area contributed by atoms with Gasteiger partial charge >= 0.3 is 0 Å². The molecule has 4 nitrogen and oxygen atoms in total. The summed E-state index contributed by atoms with van der Waals surface area (Å²) in [6.45, 7) is 5.10. The molecule has 0 heterocycles. The lowest BCUT2D eigenvalue weighted by Gasteiger charge is -2.13. The molecule has 0 radical (unpaired) electrons. The van der Waals surface area contributed by atoms with Gasteiger partial charge in [-0.3, -0.25) is 4.79 Å². The molecule has 4 N–H and O–H groups in total. The van der Waals surface area contributed by atoms with Crippen LogP contribution in [0.15, 0.2) is 18.2 Å². The molecule has 0 bridgehead atoms. The van der Waals surface area contributed by atoms with Crippen LogP contribution in [0, 0.1) is 6.92 Å². The maximum atomic E-state index is 11.3. The summed E-state index contributed by atoms with van der Waals surface area (Å²) in [5.74, 6) is 0.0375. The van der Waals surface area contributed by atoms with Crippen LogP contribution in [0.1, 0.15) is 24.5 Å². The Kier molecular flexibility index (Phi) is 5.58. The molecule has 0 aliphatic carbocycles. The second-order valence-corrected chi connectivity index (χ2v) is 4.43. The van der Waals surface area contributed by atoms with Crippen LogP contribution in [0.5, 0.6) is 0 Å². The molecule has 0 aliphatic heterocycles. The molecule has 0 aromatic heterocycles. The van der Waals surface area contributed by atoms with Gasteiger partial charge in [0, 0.05) is 30.8 Å². The van der Waals surface area contributed by atoms with Crippen LogP contribution >= 0.6 is 12.2 Å². The Morgan fingerprint density at radius 3 is 2.78 bits per heavy atom. The second kappa shape index (κ2) is 6.96. The number of carbonyl (C=O) groups excluding carboxylic acids is 1. The van der Waals surface area contributed by atoms with Crippen molar-refractivity contribution in [1.82, 2.24) is 5.32 Å². The lowest BCUT2D eigenvalue weighted by Crippen LogP contribution is -2.25. The van der Waals surface area contributed by atoms with Crippen molar-refractivity contribution in [3.63, 3.8) is 0 Å². The molecule has 1 aromatic rings. The van der Waals surface area contributed by atoms with E-state index in [4.69, 9.17) is 18.0 Å². The van der Waals surface area contributed by atoms with E-state index in [1.165, 1.54) is 0 Å². The molecule has 0 saturated heterocycles. The molecule has 0 aliphatic rings. The van der Waals surface area contributed by atoms with Crippen molar-refractivity contribution in [2.24, 2.45) is 5.73 Å². The number of para-hydroxylation sites is 1. The fraction of sp³-hybridized carbons (Fsp3) is 0.385. The van der Waals surface area contributed by atoms with Gasteiger partial charge in [0.25, 0.3) is 0 Å². The number of carbonyl (C=O) groups is 1. The largest absolute Gasteiger partial charge is 0.389 e. The summed E-state index contributed by atoms with van der Waals surface area (Å²) in [5, 5.41) is 5.98. The van der Waals surface area contributed by atoms with E-state index in [9.17, 15) is 4.79 Å². The van der Waals surface area contributed by atoms with Gasteiger partial charge in [-0.05, 0) is 25.5 Å². The van der Waals surface area contributed by atoms with Gasteiger partial charge in [0.1, 0.15) is 4.99 Å². The van der Waals surface area contributed by atoms with Gasteiger partial charge in [-0.2, -0.15) is 0 Å². The number of aryl methyl sites for hydroxylation is 1. The van der Waals surface area contributed by atoms with Crippen molar-refractivity contribution in [2.75, 3.05) is 18.4 Å². The summed E-state index contributed by atoms with van der Waals surface area (Å²) >= 11 is 5.01. The third kappa shape index (κ3) is 4.00. The number of amides is 1. The van der Waals surface area contributed by atoms with E-state index >= 15 is 0 Å². The number of nitrogens with one attached hydrogen (secondary N) is 2. The molecule has 1 amide bonds. The van der Waals surface area contributed by atoms with Crippen molar-refractivity contribution in [3.05, 3.63) is 29.3 Å². The highest BCUT2D eigenvalue weighted by atomic mass is 32.1. The molecular weight excluding hydrogens is 246 g/mol. The Hall–Kier alpha value is -1.62. The van der Waals surface area contributed by atoms with Gasteiger partial charge in [-0.1, -0.05) is 24.4 Å². The lowest BCUT2D eigenvalue weighted by atomic mass is 10.1. The highest BCUT2D eigenvalue weighted by molar-refractivity contribution is 7.80. The lowest BCUT2D eigenvalue weighted by molar-refractivity contribution is -0.120. The van der Waals surface area contributed by atoms with Gasteiger partial charge in [-0.25, -0.2) is 0 Å². The van der Waals surface area contributed by atoms with E-state index < -0.39 is 0 Å². The van der Waals surface area contributed by atoms with Crippen LogP contribution in [0.4, 0.5) is 5.69 Å². The Bertz CT molecular complexity index is 446. The molecule has 0 saturated carbocycles. The molecule has 1 aromatic carbocycles. The van der Waals surface area contributed by atoms with Crippen molar-refractivity contribution in [2.45, 2.75) is 20.3 Å². The monoisotopic (exact) mass is 265 g/mol. The molecule has 18 heavy (non-hydrogen) atoms. The van der Waals surface area contributed by atoms with E-state index in [2.05, 4.69) is 10.6 Å². The minimum absolute atomic E-state index is 0.0375. The summed E-state index contributed by atoms with van der Waals surface area (Å²) in [6, 6.07) is 5.78. The number of anilines is 1. The number of rotatable bonds is 6. The normalized spacial score (nSPS) is 9.89. The minimum Gasteiger partial charge on any atom is -0.389 e. The number of thiocarbonyl (C=S) groups is 1. The Morgan fingerprint density at radius 1 is 1.44 bits per heavy atom. The average Bonchev–Trinajstić information content (AvgIpc) is 2.31. The first-order valence-electron chi connectivity index (χ1n) is 5.96. The van der Waals surface area contributed by atoms with Gasteiger partial charge in [0.2, 0.25) is 5.91 Å². The SMILES string of the molecule is CCNC(=O)CCNc1c(C)cccc1C(N)=S. The third-order valence-corrected chi connectivity index (χ3v) is 2.79. The quantitative estimate of drug-likeness (QED) is 0.683. The first-order chi connectivity index (χ1) is 8.56. The highest BCUT2D eigenvalue weighted by Gasteiger charge is 2.08. The molecule has 5 heteroatoms. The maximum absolute atomic E-state index is 11.3. The molecule has 0 unspecified atom stereocenters. The fourth-order valence-corrected chi connectivity index (χ4v) is 1.86. The van der Waals surface area contributed by atoms with E-state index in [-0.39, 0.29) is 5.91 Å². The van der Waals surface area contributed by atoms with E-state index in [1.807, 2.05) is 32.0 Å². The predicted octanol–water partition coefficient (Wildman–Crippen LogP) is 1.57. The zero-order valence-electron chi connectivity index (χ0n) is 10.7. The first kappa shape index (κ1) is 14.4. The molecule has 1 rings (SSSR count). The number of nitrogens with two attached hydrogens (primary N) is 1. The van der Waals surface area contributed by atoms with Gasteiger partial charge < -0.3 is 16.4 Å². The van der Waals surface area contributed by atoms with Crippen molar-refractivity contribution in [1.29, 1.82) is 0 Å². The standard InChI is InChI=1S/C13H19N3OS/c1-3-15-11(17)7-8-16-12-9(2)5-4-6-10(12)13(14)18/h4-6,16H,3,7-8H2,1-2H3,(H2,14,18)(H,15,17). The topological polar surface area (TPSA) is 67.2 Å². The Balaban J connectivity index is 2.67. The average molecular weight is 265 g/mol. The number of hydrogen-bond acceptors (Lipinski definition) is 3. The van der Waals surface area contributed by atoms with Gasteiger partial charge in [0.15, 0.2) is 0 Å². The Morgan fingerprint density at radius 2 is 2.17 bits per heavy atom. The van der Waals surface area contributed by atoms with Crippen LogP contribution in [-0.2, 0) is 4.79 Å². The van der Waals surface area contributed by atoms with Crippen molar-refractivity contribution >= 4 is 28.8 Å². The van der Waals surface area contributed by atoms with Crippen LogP contribution in [0.2, 0.25) is 0 Å². The predicted molar refractivity (Wildman–Crippen MR) is 78.9 cm³/mol. The maximum Gasteiger partial charge on any atom is 0.221 e. The second-order valence-electron chi connectivity index (χ2n) is 3.99. The molecule has 0 spiro atoms. The molecule has 98 valence electrons. The van der Waals surface area contributed by atoms with Crippen LogP contribution in [0.25, 0.3) is 0 Å². The zero-order chi connectivity index (χ0) is 13.5. The third-order valence-electron chi connectivity index (χ3n) is 2.57. The number of benzene rings is 1. The summed E-state index contributed by atoms with van der Waals surface area (Å²) in [6.07, 6.45) is 0.430. The summed E-state index contributed by atoms with van der Waals surface area (Å²) in [5.41, 5.74) is 8.47. The van der Waals surface area contributed by atoms with Crippen LogP contribution < -0.4 is 16.4 Å². The highest BCUT2D eigenvalue weighted by Crippen LogP contribution is 2.20. The fourth-order valence-electron chi connectivity index (χ4n) is 1.69. The Labute approximate surface area is 113 Å². The first-order valence-corrected chi connectivity index (χ1v) is 6.37. The van der Waals surface area contributed by atoms with E-state index in [1.54, 1.807) is 0 Å². The van der Waals surface area contributed by atoms with E-state index in [0.29, 0.717) is 24.5 Å². The van der Waals surface area contributed by atoms with Crippen molar-refractivity contribution in [3.8, 4) is 0 Å². The smallest absolute Gasteiger partial charge is 0.221 e. The van der Waals surface area contributed by atoms with Gasteiger partial charge in [0.05, 0.1) is 0 Å². The molecule has 0 fully saturated rings. The number of hydrogen-bond donors (Lipinski definition) is 3. The van der Waals surface area contributed by atoms with E-state index in [0.717, 1.165) is 16.8 Å². The summed E-state index contributed by atoms with van der Waals surface area (Å²) < 4.78 is 0. The van der Waals surface area contributed by atoms with Crippen LogP contribution in [-0.4, -0.2) is 24.0 Å². The van der Waals surface area contributed by atoms with Crippen molar-refractivity contribution < 1.29 is 4.79 Å².